The predicted molar refractivity (Wildman–Crippen MR) is 59.4 cm³/mol. The van der Waals surface area contributed by atoms with Crippen molar-refractivity contribution in [2.24, 2.45) is 0 Å². The maximum absolute atomic E-state index is 9.60. The highest BCUT2D eigenvalue weighted by molar-refractivity contribution is 5.33. The van der Waals surface area contributed by atoms with Gasteiger partial charge >= 0.3 is 0 Å². The van der Waals surface area contributed by atoms with Crippen molar-refractivity contribution >= 4 is 0 Å². The Kier molecular flexibility index (Phi) is 4.47. The van der Waals surface area contributed by atoms with E-state index in [0.717, 1.165) is 12.1 Å². The van der Waals surface area contributed by atoms with E-state index in [2.05, 4.69) is 19.2 Å². The molecule has 2 nitrogen and oxygen atoms in total. The molecule has 0 fully saturated rings. The summed E-state index contributed by atoms with van der Waals surface area (Å²) in [7, 11) is 0. The van der Waals surface area contributed by atoms with Crippen LogP contribution in [-0.4, -0.2) is 11.7 Å². The molecule has 14 heavy (non-hydrogen) atoms. The van der Waals surface area contributed by atoms with Crippen LogP contribution >= 0.6 is 0 Å². The first-order chi connectivity index (χ1) is 6.75. The van der Waals surface area contributed by atoms with E-state index in [4.69, 9.17) is 0 Å². The molecule has 1 aromatic rings. The normalized spacial score (nSPS) is 12.7. The molecule has 0 heterocycles. The first kappa shape index (κ1) is 11.1. The van der Waals surface area contributed by atoms with Gasteiger partial charge < -0.3 is 10.4 Å². The van der Waals surface area contributed by atoms with Crippen molar-refractivity contribution < 1.29 is 5.11 Å². The van der Waals surface area contributed by atoms with Crippen LogP contribution in [0.1, 0.15) is 38.3 Å². The van der Waals surface area contributed by atoms with E-state index in [1.807, 2.05) is 18.2 Å². The molecule has 0 radical (unpaired) electrons. The van der Waals surface area contributed by atoms with Gasteiger partial charge in [0.05, 0.1) is 0 Å². The molecule has 1 aromatic carbocycles. The van der Waals surface area contributed by atoms with Crippen molar-refractivity contribution in [3.63, 3.8) is 0 Å². The van der Waals surface area contributed by atoms with Gasteiger partial charge in [0, 0.05) is 11.6 Å². The summed E-state index contributed by atoms with van der Waals surface area (Å²) < 4.78 is 0. The molecule has 1 atom stereocenters. The topological polar surface area (TPSA) is 32.3 Å². The average molecular weight is 193 g/mol. The summed E-state index contributed by atoms with van der Waals surface area (Å²) in [6, 6.07) is 7.71. The lowest BCUT2D eigenvalue weighted by Gasteiger charge is -2.14. The molecule has 2 N–H and O–H groups in total. The van der Waals surface area contributed by atoms with Crippen molar-refractivity contribution in [3.05, 3.63) is 29.8 Å². The van der Waals surface area contributed by atoms with Gasteiger partial charge in [-0.3, -0.25) is 0 Å². The Morgan fingerprint density at radius 1 is 1.36 bits per heavy atom. The van der Waals surface area contributed by atoms with Crippen molar-refractivity contribution in [2.75, 3.05) is 6.54 Å². The van der Waals surface area contributed by atoms with Gasteiger partial charge in [-0.25, -0.2) is 0 Å². The minimum atomic E-state index is 0.225. The summed E-state index contributed by atoms with van der Waals surface area (Å²) in [6.07, 6.45) is 2.37. The van der Waals surface area contributed by atoms with E-state index in [1.54, 1.807) is 6.07 Å². The monoisotopic (exact) mass is 193 g/mol. The molecule has 78 valence electrons. The Bertz CT molecular complexity index is 273. The third-order valence-electron chi connectivity index (χ3n) is 2.38. The summed E-state index contributed by atoms with van der Waals surface area (Å²) in [4.78, 5) is 0. The fraction of sp³-hybridized carbons (Fsp3) is 0.500. The van der Waals surface area contributed by atoms with E-state index in [1.165, 1.54) is 12.8 Å². The van der Waals surface area contributed by atoms with E-state index in [0.29, 0.717) is 5.75 Å². The Hall–Kier alpha value is -1.02. The quantitative estimate of drug-likeness (QED) is 0.705. The van der Waals surface area contributed by atoms with Crippen LogP contribution in [-0.2, 0) is 0 Å². The molecule has 1 unspecified atom stereocenters. The third-order valence-corrected chi connectivity index (χ3v) is 2.38. The smallest absolute Gasteiger partial charge is 0.120 e. The minimum absolute atomic E-state index is 0.225. The maximum Gasteiger partial charge on any atom is 0.120 e. The van der Waals surface area contributed by atoms with Gasteiger partial charge in [-0.2, -0.15) is 0 Å². The Morgan fingerprint density at radius 3 is 2.71 bits per heavy atom. The first-order valence-electron chi connectivity index (χ1n) is 5.27. The standard InChI is InChI=1S/C12H19NO/c1-3-4-9-13-10(2)11-7-5-6-8-12(11)14/h5-8,10,13-14H,3-4,9H2,1-2H3. The van der Waals surface area contributed by atoms with Gasteiger partial charge in [0.2, 0.25) is 0 Å². The second kappa shape index (κ2) is 5.66. The first-order valence-corrected chi connectivity index (χ1v) is 5.27. The summed E-state index contributed by atoms with van der Waals surface area (Å²) in [5, 5.41) is 13.0. The number of rotatable bonds is 5. The highest BCUT2D eigenvalue weighted by Crippen LogP contribution is 2.22. The number of para-hydroxylation sites is 1. The van der Waals surface area contributed by atoms with Gasteiger partial charge in [0.25, 0.3) is 0 Å². The third kappa shape index (κ3) is 3.04. The van der Waals surface area contributed by atoms with Crippen LogP contribution in [0.3, 0.4) is 0 Å². The highest BCUT2D eigenvalue weighted by Gasteiger charge is 2.07. The van der Waals surface area contributed by atoms with Gasteiger partial charge in [0.1, 0.15) is 5.75 Å². The Morgan fingerprint density at radius 2 is 2.07 bits per heavy atom. The minimum Gasteiger partial charge on any atom is -0.508 e. The van der Waals surface area contributed by atoms with Crippen LogP contribution in [0, 0.1) is 0 Å². The van der Waals surface area contributed by atoms with Crippen LogP contribution in [0.15, 0.2) is 24.3 Å². The summed E-state index contributed by atoms with van der Waals surface area (Å²) >= 11 is 0. The molecule has 0 saturated heterocycles. The lowest BCUT2D eigenvalue weighted by Crippen LogP contribution is -2.19. The predicted octanol–water partition coefficient (Wildman–Crippen LogP) is 2.84. The Labute approximate surface area is 86.0 Å². The number of phenolic OH excluding ortho intramolecular Hbond substituents is 1. The molecule has 0 aliphatic rings. The summed E-state index contributed by atoms with van der Waals surface area (Å²) in [5.41, 5.74) is 0.976. The fourth-order valence-corrected chi connectivity index (χ4v) is 1.46. The summed E-state index contributed by atoms with van der Waals surface area (Å²) in [5.74, 6) is 0.379. The SMILES string of the molecule is CCCCNC(C)c1ccccc1O. The number of aromatic hydroxyl groups is 1. The van der Waals surface area contributed by atoms with Crippen LogP contribution in [0.2, 0.25) is 0 Å². The molecule has 0 saturated carbocycles. The van der Waals surface area contributed by atoms with Crippen molar-refractivity contribution in [2.45, 2.75) is 32.7 Å². The van der Waals surface area contributed by atoms with Crippen LogP contribution < -0.4 is 5.32 Å². The van der Waals surface area contributed by atoms with Crippen molar-refractivity contribution in [1.29, 1.82) is 0 Å². The fourth-order valence-electron chi connectivity index (χ4n) is 1.46. The highest BCUT2D eigenvalue weighted by atomic mass is 16.3. The van der Waals surface area contributed by atoms with E-state index < -0.39 is 0 Å². The molecule has 0 aromatic heterocycles. The number of unbranched alkanes of at least 4 members (excludes halogenated alkanes) is 1. The zero-order chi connectivity index (χ0) is 10.4. The van der Waals surface area contributed by atoms with Gasteiger partial charge in [-0.05, 0) is 26.0 Å². The molecule has 0 aliphatic carbocycles. The molecule has 0 bridgehead atoms. The molecule has 0 aliphatic heterocycles. The van der Waals surface area contributed by atoms with E-state index in [-0.39, 0.29) is 6.04 Å². The molecular formula is C12H19NO. The van der Waals surface area contributed by atoms with Gasteiger partial charge in [-0.1, -0.05) is 31.5 Å². The van der Waals surface area contributed by atoms with E-state index >= 15 is 0 Å². The number of hydrogen-bond acceptors (Lipinski definition) is 2. The molecule has 0 amide bonds. The van der Waals surface area contributed by atoms with Crippen LogP contribution in [0.25, 0.3) is 0 Å². The van der Waals surface area contributed by atoms with Crippen LogP contribution in [0.4, 0.5) is 0 Å². The Balaban J connectivity index is 2.51. The molecular weight excluding hydrogens is 174 g/mol. The zero-order valence-corrected chi connectivity index (χ0v) is 8.96. The largest absolute Gasteiger partial charge is 0.508 e. The molecule has 2 heteroatoms. The van der Waals surface area contributed by atoms with Crippen molar-refractivity contribution in [1.82, 2.24) is 5.32 Å². The van der Waals surface area contributed by atoms with Crippen molar-refractivity contribution in [3.8, 4) is 5.75 Å². The number of hydrogen-bond donors (Lipinski definition) is 2. The average Bonchev–Trinajstić information content (AvgIpc) is 2.18. The second-order valence-corrected chi connectivity index (χ2v) is 3.59. The second-order valence-electron chi connectivity index (χ2n) is 3.59. The summed E-state index contributed by atoms with van der Waals surface area (Å²) in [6.45, 7) is 5.25. The van der Waals surface area contributed by atoms with Gasteiger partial charge in [-0.15, -0.1) is 0 Å². The lowest BCUT2D eigenvalue weighted by atomic mass is 10.1. The van der Waals surface area contributed by atoms with Gasteiger partial charge in [0.15, 0.2) is 0 Å². The number of benzene rings is 1. The molecule has 0 spiro atoms. The lowest BCUT2D eigenvalue weighted by molar-refractivity contribution is 0.451. The maximum atomic E-state index is 9.60. The number of phenols is 1. The van der Waals surface area contributed by atoms with Crippen LogP contribution in [0.5, 0.6) is 5.75 Å². The zero-order valence-electron chi connectivity index (χ0n) is 8.96. The number of nitrogens with one attached hydrogen (secondary N) is 1. The molecule has 1 rings (SSSR count). The van der Waals surface area contributed by atoms with E-state index in [9.17, 15) is 5.11 Å².